The molecule has 0 aromatic heterocycles. The van der Waals surface area contributed by atoms with E-state index in [0.29, 0.717) is 13.0 Å². The summed E-state index contributed by atoms with van der Waals surface area (Å²) < 4.78 is 22.6. The number of nitrogens with zero attached hydrogens (tertiary/aromatic N) is 2. The van der Waals surface area contributed by atoms with E-state index in [0.717, 1.165) is 25.6 Å². The molecule has 0 aliphatic rings. The number of benzene rings is 1. The number of aryl methyl sites for hydroxylation is 1. The Kier molecular flexibility index (Phi) is 9.48. The molecule has 26 heavy (non-hydrogen) atoms. The van der Waals surface area contributed by atoms with Gasteiger partial charge in [0.25, 0.3) is 0 Å². The Morgan fingerprint density at radius 3 is 2.62 bits per heavy atom. The fraction of sp³-hybridized carbons (Fsp3) is 0.632. The molecule has 0 saturated carbocycles. The average Bonchev–Trinajstić information content (AvgIpc) is 2.56. The van der Waals surface area contributed by atoms with Crippen LogP contribution in [0.15, 0.2) is 29.3 Å². The summed E-state index contributed by atoms with van der Waals surface area (Å²) in [4.78, 5) is 6.94. The molecule has 0 aliphatic heterocycles. The predicted octanol–water partition coefficient (Wildman–Crippen LogP) is 2.20. The average molecular weight is 383 g/mol. The highest BCUT2D eigenvalue weighted by atomic mass is 32.2. The number of hydrogen-bond donors (Lipinski definition) is 2. The van der Waals surface area contributed by atoms with Crippen LogP contribution in [0.2, 0.25) is 0 Å². The maximum Gasteiger partial charge on any atom is 0.191 e. The van der Waals surface area contributed by atoms with Gasteiger partial charge in [-0.3, -0.25) is 4.99 Å². The van der Waals surface area contributed by atoms with Gasteiger partial charge in [-0.15, -0.1) is 0 Å². The summed E-state index contributed by atoms with van der Waals surface area (Å²) >= 11 is 0. The van der Waals surface area contributed by atoms with E-state index in [2.05, 4.69) is 58.6 Å². The van der Waals surface area contributed by atoms with Gasteiger partial charge in [-0.1, -0.05) is 12.1 Å². The van der Waals surface area contributed by atoms with E-state index in [1.54, 1.807) is 0 Å². The summed E-state index contributed by atoms with van der Waals surface area (Å²) in [6, 6.07) is 8.52. The summed E-state index contributed by atoms with van der Waals surface area (Å²) in [7, 11) is -2.94. The molecule has 1 atom stereocenters. The largest absolute Gasteiger partial charge is 0.370 e. The van der Waals surface area contributed by atoms with Gasteiger partial charge in [0.2, 0.25) is 0 Å². The lowest BCUT2D eigenvalue weighted by Crippen LogP contribution is -2.43. The lowest BCUT2D eigenvalue weighted by Gasteiger charge is -2.23. The van der Waals surface area contributed by atoms with Gasteiger partial charge < -0.3 is 15.5 Å². The summed E-state index contributed by atoms with van der Waals surface area (Å²) in [5.74, 6) is 0.908. The number of nitrogens with one attached hydrogen (secondary N) is 2. The lowest BCUT2D eigenvalue weighted by atomic mass is 10.2. The van der Waals surface area contributed by atoms with E-state index >= 15 is 0 Å². The lowest BCUT2D eigenvalue weighted by molar-refractivity contribution is 0.581. The summed E-state index contributed by atoms with van der Waals surface area (Å²) in [6.07, 6.45) is 1.83. The first-order valence-electron chi connectivity index (χ1n) is 9.29. The zero-order valence-corrected chi connectivity index (χ0v) is 17.6. The van der Waals surface area contributed by atoms with Crippen molar-refractivity contribution >= 4 is 21.5 Å². The highest BCUT2D eigenvalue weighted by Gasteiger charge is 2.10. The van der Waals surface area contributed by atoms with Gasteiger partial charge in [-0.2, -0.15) is 0 Å². The zero-order chi connectivity index (χ0) is 19.6. The fourth-order valence-electron chi connectivity index (χ4n) is 2.59. The fourth-order valence-corrected chi connectivity index (χ4v) is 3.38. The van der Waals surface area contributed by atoms with E-state index in [-0.39, 0.29) is 11.8 Å². The number of rotatable bonds is 10. The molecule has 0 spiro atoms. The molecule has 0 radical (unpaired) electrons. The number of anilines is 1. The summed E-state index contributed by atoms with van der Waals surface area (Å²) in [5.41, 5.74) is 2.46. The van der Waals surface area contributed by atoms with Crippen LogP contribution in [0.5, 0.6) is 0 Å². The highest BCUT2D eigenvalue weighted by Crippen LogP contribution is 2.15. The van der Waals surface area contributed by atoms with Crippen LogP contribution in [-0.2, 0) is 9.84 Å². The molecule has 0 amide bonds. The van der Waals surface area contributed by atoms with Crippen molar-refractivity contribution in [2.45, 2.75) is 40.2 Å². The number of sulfone groups is 1. The Bertz CT molecular complexity index is 674. The quantitative estimate of drug-likeness (QED) is 0.479. The van der Waals surface area contributed by atoms with E-state index < -0.39 is 9.84 Å². The molecule has 0 heterocycles. The molecule has 1 rings (SSSR count). The topological polar surface area (TPSA) is 73.8 Å². The maximum absolute atomic E-state index is 11.3. The van der Waals surface area contributed by atoms with Crippen LogP contribution in [0.4, 0.5) is 5.69 Å². The van der Waals surface area contributed by atoms with Crippen LogP contribution in [0.1, 0.15) is 32.8 Å². The normalized spacial score (nSPS) is 13.3. The third kappa shape index (κ3) is 9.08. The second-order valence-corrected chi connectivity index (χ2v) is 8.90. The van der Waals surface area contributed by atoms with Gasteiger partial charge in [0.15, 0.2) is 5.96 Å². The van der Waals surface area contributed by atoms with Crippen molar-refractivity contribution in [1.29, 1.82) is 0 Å². The second kappa shape index (κ2) is 11.1. The third-order valence-electron chi connectivity index (χ3n) is 4.04. The van der Waals surface area contributed by atoms with Crippen molar-refractivity contribution in [2.75, 3.05) is 43.1 Å². The Morgan fingerprint density at radius 2 is 2.04 bits per heavy atom. The molecular formula is C19H34N4O2S. The standard InChI is InChI=1S/C19H34N4O2S/c1-6-20-19(22-17(4)11-14-26(5,24)25)21-12-13-23(7-2)18-10-8-9-16(3)15-18/h8-10,15,17H,6-7,11-14H2,1-5H3,(H2,20,21,22). The molecule has 6 nitrogen and oxygen atoms in total. The van der Waals surface area contributed by atoms with Crippen molar-refractivity contribution in [3.8, 4) is 0 Å². The van der Waals surface area contributed by atoms with Crippen LogP contribution in [0.25, 0.3) is 0 Å². The van der Waals surface area contributed by atoms with E-state index in [1.807, 2.05) is 13.8 Å². The predicted molar refractivity (Wildman–Crippen MR) is 112 cm³/mol. The van der Waals surface area contributed by atoms with Crippen LogP contribution in [0, 0.1) is 6.92 Å². The molecule has 1 aromatic carbocycles. The van der Waals surface area contributed by atoms with Crippen molar-refractivity contribution < 1.29 is 8.42 Å². The number of hydrogen-bond acceptors (Lipinski definition) is 4. The Balaban J connectivity index is 2.61. The van der Waals surface area contributed by atoms with Crippen LogP contribution in [-0.4, -0.2) is 58.6 Å². The van der Waals surface area contributed by atoms with Gasteiger partial charge in [0, 0.05) is 37.6 Å². The number of aliphatic imine (C=N–C) groups is 1. The van der Waals surface area contributed by atoms with Gasteiger partial charge in [-0.05, 0) is 51.8 Å². The van der Waals surface area contributed by atoms with Crippen molar-refractivity contribution in [3.63, 3.8) is 0 Å². The minimum atomic E-state index is -2.94. The van der Waals surface area contributed by atoms with Gasteiger partial charge >= 0.3 is 0 Å². The van der Waals surface area contributed by atoms with Gasteiger partial charge in [0.05, 0.1) is 12.3 Å². The SMILES string of the molecule is CCNC(=NCCN(CC)c1cccc(C)c1)NC(C)CCS(C)(=O)=O. The Hall–Kier alpha value is -1.76. The first kappa shape index (κ1) is 22.3. The molecular weight excluding hydrogens is 348 g/mol. The van der Waals surface area contributed by atoms with E-state index in [4.69, 9.17) is 0 Å². The molecule has 2 N–H and O–H groups in total. The van der Waals surface area contributed by atoms with Crippen molar-refractivity contribution in [1.82, 2.24) is 10.6 Å². The molecule has 148 valence electrons. The van der Waals surface area contributed by atoms with Crippen LogP contribution in [0.3, 0.4) is 0 Å². The summed E-state index contributed by atoms with van der Waals surface area (Å²) in [6.45, 7) is 11.4. The zero-order valence-electron chi connectivity index (χ0n) is 16.7. The summed E-state index contributed by atoms with van der Waals surface area (Å²) in [5, 5.41) is 6.51. The van der Waals surface area contributed by atoms with Gasteiger partial charge in [-0.25, -0.2) is 8.42 Å². The molecule has 0 aliphatic carbocycles. The molecule has 1 unspecified atom stereocenters. The Labute approximate surface area is 159 Å². The van der Waals surface area contributed by atoms with E-state index in [1.165, 1.54) is 17.5 Å². The highest BCUT2D eigenvalue weighted by molar-refractivity contribution is 7.90. The number of guanidine groups is 1. The number of likely N-dealkylation sites (N-methyl/N-ethyl adjacent to an activating group) is 1. The van der Waals surface area contributed by atoms with Crippen molar-refractivity contribution in [2.24, 2.45) is 4.99 Å². The third-order valence-corrected chi connectivity index (χ3v) is 5.01. The minimum Gasteiger partial charge on any atom is -0.370 e. The molecule has 0 fully saturated rings. The molecule has 0 saturated heterocycles. The van der Waals surface area contributed by atoms with Crippen molar-refractivity contribution in [3.05, 3.63) is 29.8 Å². The van der Waals surface area contributed by atoms with E-state index in [9.17, 15) is 8.42 Å². The minimum absolute atomic E-state index is 0.0431. The molecule has 7 heteroatoms. The monoisotopic (exact) mass is 382 g/mol. The first-order valence-corrected chi connectivity index (χ1v) is 11.4. The molecule has 0 bridgehead atoms. The first-order chi connectivity index (χ1) is 12.2. The van der Waals surface area contributed by atoms with Gasteiger partial charge in [0.1, 0.15) is 9.84 Å². The smallest absolute Gasteiger partial charge is 0.191 e. The molecule has 1 aromatic rings. The second-order valence-electron chi connectivity index (χ2n) is 6.64. The Morgan fingerprint density at radius 1 is 1.31 bits per heavy atom. The van der Waals surface area contributed by atoms with Crippen LogP contribution < -0.4 is 15.5 Å². The van der Waals surface area contributed by atoms with Crippen LogP contribution >= 0.6 is 0 Å². The maximum atomic E-state index is 11.3.